The second-order valence-corrected chi connectivity index (χ2v) is 6.84. The van der Waals surface area contributed by atoms with Gasteiger partial charge in [-0.3, -0.25) is 9.80 Å². The van der Waals surface area contributed by atoms with Crippen molar-refractivity contribution in [1.82, 2.24) is 14.8 Å². The molecule has 122 valence electrons. The van der Waals surface area contributed by atoms with Gasteiger partial charge in [-0.25, -0.2) is 4.98 Å². The van der Waals surface area contributed by atoms with Crippen molar-refractivity contribution >= 4 is 17.4 Å². The molecule has 2 aliphatic rings. The Hall–Kier alpha value is -0.840. The van der Waals surface area contributed by atoms with Crippen molar-refractivity contribution in [2.45, 2.75) is 32.2 Å². The number of hydrogen-bond donors (Lipinski definition) is 0. The zero-order valence-corrected chi connectivity index (χ0v) is 14.3. The Bertz CT molecular complexity index is 456. The summed E-state index contributed by atoms with van der Waals surface area (Å²) in [5, 5.41) is 0.708. The molecule has 0 spiro atoms. The van der Waals surface area contributed by atoms with Crippen molar-refractivity contribution < 1.29 is 0 Å². The van der Waals surface area contributed by atoms with Crippen LogP contribution in [-0.4, -0.2) is 66.6 Å². The minimum absolute atomic E-state index is 0.708. The van der Waals surface area contributed by atoms with Crippen LogP contribution in [-0.2, 0) is 0 Å². The Morgan fingerprint density at radius 3 is 2.64 bits per heavy atom. The molecule has 3 rings (SSSR count). The SMILES string of the molecule is CCN1CCCC[C@@H]1CN1CCN(c2ccc(Cl)cn2)CC1. The lowest BCUT2D eigenvalue weighted by Gasteiger charge is -2.41. The van der Waals surface area contributed by atoms with E-state index in [-0.39, 0.29) is 0 Å². The Kier molecular flexibility index (Phi) is 5.55. The van der Waals surface area contributed by atoms with E-state index in [4.69, 9.17) is 11.6 Å². The fraction of sp³-hybridized carbons (Fsp3) is 0.706. The van der Waals surface area contributed by atoms with Crippen LogP contribution in [0.15, 0.2) is 18.3 Å². The summed E-state index contributed by atoms with van der Waals surface area (Å²) in [6, 6.07) is 4.72. The predicted molar refractivity (Wildman–Crippen MR) is 92.8 cm³/mol. The van der Waals surface area contributed by atoms with Crippen LogP contribution in [0, 0.1) is 0 Å². The van der Waals surface area contributed by atoms with E-state index in [9.17, 15) is 0 Å². The second kappa shape index (κ2) is 7.62. The number of halogens is 1. The van der Waals surface area contributed by atoms with Gasteiger partial charge >= 0.3 is 0 Å². The highest BCUT2D eigenvalue weighted by Gasteiger charge is 2.25. The average Bonchev–Trinajstić information content (AvgIpc) is 2.57. The summed E-state index contributed by atoms with van der Waals surface area (Å²) in [6.07, 6.45) is 5.88. The lowest BCUT2D eigenvalue weighted by atomic mass is 10.0. The van der Waals surface area contributed by atoms with Crippen molar-refractivity contribution in [1.29, 1.82) is 0 Å². The van der Waals surface area contributed by atoms with Gasteiger partial charge in [-0.15, -0.1) is 0 Å². The van der Waals surface area contributed by atoms with Gasteiger partial charge in [0.15, 0.2) is 0 Å². The van der Waals surface area contributed by atoms with Gasteiger partial charge < -0.3 is 4.90 Å². The molecule has 1 aromatic heterocycles. The number of piperazine rings is 1. The van der Waals surface area contributed by atoms with E-state index in [1.165, 1.54) is 38.9 Å². The second-order valence-electron chi connectivity index (χ2n) is 6.40. The van der Waals surface area contributed by atoms with E-state index in [1.54, 1.807) is 6.20 Å². The summed E-state index contributed by atoms with van der Waals surface area (Å²) in [6.45, 7) is 10.4. The number of likely N-dealkylation sites (N-methyl/N-ethyl adjacent to an activating group) is 1. The maximum Gasteiger partial charge on any atom is 0.128 e. The van der Waals surface area contributed by atoms with E-state index < -0.39 is 0 Å². The third-order valence-electron chi connectivity index (χ3n) is 5.03. The largest absolute Gasteiger partial charge is 0.354 e. The molecule has 0 unspecified atom stereocenters. The lowest BCUT2D eigenvalue weighted by molar-refractivity contribution is 0.106. The van der Waals surface area contributed by atoms with Crippen LogP contribution >= 0.6 is 11.6 Å². The van der Waals surface area contributed by atoms with E-state index >= 15 is 0 Å². The van der Waals surface area contributed by atoms with Gasteiger partial charge in [-0.1, -0.05) is 24.9 Å². The molecule has 0 bridgehead atoms. The Morgan fingerprint density at radius 2 is 1.95 bits per heavy atom. The number of likely N-dealkylation sites (tertiary alicyclic amines) is 1. The number of pyridine rings is 1. The molecule has 0 N–H and O–H groups in total. The van der Waals surface area contributed by atoms with Gasteiger partial charge in [0.05, 0.1) is 5.02 Å². The normalized spacial score (nSPS) is 24.6. The van der Waals surface area contributed by atoms with E-state index in [0.717, 1.165) is 38.0 Å². The quantitative estimate of drug-likeness (QED) is 0.850. The molecule has 0 radical (unpaired) electrons. The number of hydrogen-bond acceptors (Lipinski definition) is 4. The summed E-state index contributed by atoms with van der Waals surface area (Å²) >= 11 is 5.92. The van der Waals surface area contributed by atoms with Crippen LogP contribution in [0.25, 0.3) is 0 Å². The van der Waals surface area contributed by atoms with Crippen molar-refractivity contribution in [3.63, 3.8) is 0 Å². The molecular formula is C17H27ClN4. The molecule has 2 fully saturated rings. The van der Waals surface area contributed by atoms with Crippen LogP contribution < -0.4 is 4.90 Å². The van der Waals surface area contributed by atoms with E-state index in [1.807, 2.05) is 12.1 Å². The monoisotopic (exact) mass is 322 g/mol. The van der Waals surface area contributed by atoms with Crippen LogP contribution in [0.2, 0.25) is 5.02 Å². The van der Waals surface area contributed by atoms with E-state index in [0.29, 0.717) is 5.02 Å². The third-order valence-corrected chi connectivity index (χ3v) is 5.26. The molecular weight excluding hydrogens is 296 g/mol. The van der Waals surface area contributed by atoms with Crippen LogP contribution in [0.4, 0.5) is 5.82 Å². The first-order chi connectivity index (χ1) is 10.8. The molecule has 1 atom stereocenters. The van der Waals surface area contributed by atoms with Gasteiger partial charge in [0.25, 0.3) is 0 Å². The highest BCUT2D eigenvalue weighted by molar-refractivity contribution is 6.30. The Labute approximate surface area is 139 Å². The zero-order chi connectivity index (χ0) is 15.4. The topological polar surface area (TPSA) is 22.6 Å². The molecule has 0 saturated carbocycles. The summed E-state index contributed by atoms with van der Waals surface area (Å²) in [5.74, 6) is 1.05. The Balaban J connectivity index is 1.50. The molecule has 2 saturated heterocycles. The van der Waals surface area contributed by atoms with Crippen molar-refractivity contribution in [3.8, 4) is 0 Å². The highest BCUT2D eigenvalue weighted by Crippen LogP contribution is 2.20. The first-order valence-corrected chi connectivity index (χ1v) is 8.97. The maximum absolute atomic E-state index is 5.92. The molecule has 0 amide bonds. The van der Waals surface area contributed by atoms with Crippen molar-refractivity contribution in [2.24, 2.45) is 0 Å². The van der Waals surface area contributed by atoms with Crippen LogP contribution in [0.3, 0.4) is 0 Å². The summed E-state index contributed by atoms with van der Waals surface area (Å²) < 4.78 is 0. The number of nitrogens with zero attached hydrogens (tertiary/aromatic N) is 4. The molecule has 3 heterocycles. The van der Waals surface area contributed by atoms with Gasteiger partial charge in [-0.2, -0.15) is 0 Å². The first kappa shape index (κ1) is 16.0. The fourth-order valence-electron chi connectivity index (χ4n) is 3.70. The predicted octanol–water partition coefficient (Wildman–Crippen LogP) is 2.73. The molecule has 4 nitrogen and oxygen atoms in total. The van der Waals surface area contributed by atoms with Crippen molar-refractivity contribution in [2.75, 3.05) is 50.7 Å². The van der Waals surface area contributed by atoms with Gasteiger partial charge in [0.2, 0.25) is 0 Å². The molecule has 22 heavy (non-hydrogen) atoms. The lowest BCUT2D eigenvalue weighted by Crippen LogP contribution is -2.52. The fourth-order valence-corrected chi connectivity index (χ4v) is 3.81. The maximum atomic E-state index is 5.92. The van der Waals surface area contributed by atoms with Crippen LogP contribution in [0.1, 0.15) is 26.2 Å². The third kappa shape index (κ3) is 3.92. The Morgan fingerprint density at radius 1 is 1.14 bits per heavy atom. The standard InChI is InChI=1S/C17H27ClN4/c1-2-21-8-4-3-5-16(21)14-20-9-11-22(12-10-20)17-7-6-15(18)13-19-17/h6-7,13,16H,2-5,8-12,14H2,1H3/t16-/m1/s1. The van der Waals surface area contributed by atoms with Crippen LogP contribution in [0.5, 0.6) is 0 Å². The zero-order valence-electron chi connectivity index (χ0n) is 13.5. The molecule has 2 aliphatic heterocycles. The number of piperidine rings is 1. The van der Waals surface area contributed by atoms with Gasteiger partial charge in [0, 0.05) is 45.0 Å². The summed E-state index contributed by atoms with van der Waals surface area (Å²) in [5.41, 5.74) is 0. The summed E-state index contributed by atoms with van der Waals surface area (Å²) in [4.78, 5) is 12.1. The molecule has 1 aromatic rings. The number of aromatic nitrogens is 1. The smallest absolute Gasteiger partial charge is 0.128 e. The molecule has 0 aromatic carbocycles. The average molecular weight is 323 g/mol. The van der Waals surface area contributed by atoms with Gasteiger partial charge in [-0.05, 0) is 38.1 Å². The number of anilines is 1. The number of rotatable bonds is 4. The minimum atomic E-state index is 0.708. The summed E-state index contributed by atoms with van der Waals surface area (Å²) in [7, 11) is 0. The highest BCUT2D eigenvalue weighted by atomic mass is 35.5. The van der Waals surface area contributed by atoms with E-state index in [2.05, 4.69) is 26.6 Å². The van der Waals surface area contributed by atoms with Gasteiger partial charge in [0.1, 0.15) is 5.82 Å². The molecule has 5 heteroatoms. The first-order valence-electron chi connectivity index (χ1n) is 8.59. The van der Waals surface area contributed by atoms with Crippen molar-refractivity contribution in [3.05, 3.63) is 23.4 Å². The minimum Gasteiger partial charge on any atom is -0.354 e. The molecule has 0 aliphatic carbocycles.